The van der Waals surface area contributed by atoms with Crippen LogP contribution in [-0.2, 0) is 0 Å². The van der Waals surface area contributed by atoms with Gasteiger partial charge in [0.25, 0.3) is 0 Å². The van der Waals surface area contributed by atoms with E-state index >= 15 is 0 Å². The molecule has 1 atom stereocenters. The van der Waals surface area contributed by atoms with Gasteiger partial charge in [-0.05, 0) is 55.9 Å². The average Bonchev–Trinajstić information content (AvgIpc) is 2.53. The minimum absolute atomic E-state index is 0. The number of hydrogen-bond acceptors (Lipinski definition) is 1. The molecule has 22 heavy (non-hydrogen) atoms. The Morgan fingerprint density at radius 2 is 1.09 bits per heavy atom. The van der Waals surface area contributed by atoms with Crippen LogP contribution in [0.25, 0.3) is 0 Å². The number of likely N-dealkylation sites (tertiary alicyclic amines) is 1. The topological polar surface area (TPSA) is 3.24 Å². The first-order chi connectivity index (χ1) is 8.97. The van der Waals surface area contributed by atoms with Gasteiger partial charge in [-0.2, -0.15) is 0 Å². The molecule has 0 bridgehead atoms. The molecule has 2 heteroatoms. The third-order valence-corrected chi connectivity index (χ3v) is 5.71. The molecule has 0 saturated carbocycles. The third-order valence-electron chi connectivity index (χ3n) is 5.71. The zero-order chi connectivity index (χ0) is 17.1. The molecular weight excluding hydrogens is 290 g/mol. The van der Waals surface area contributed by atoms with E-state index in [4.69, 9.17) is 0 Å². The maximum Gasteiger partial charge on any atom is 0.0344 e. The van der Waals surface area contributed by atoms with Crippen LogP contribution in [0.15, 0.2) is 0 Å². The molecule has 0 aromatic rings. The van der Waals surface area contributed by atoms with Crippen molar-refractivity contribution < 1.29 is 0 Å². The highest BCUT2D eigenvalue weighted by molar-refractivity contribution is 5.85. The fourth-order valence-corrected chi connectivity index (χ4v) is 5.74. The highest BCUT2D eigenvalue weighted by Gasteiger charge is 2.65. The van der Waals surface area contributed by atoms with Gasteiger partial charge in [-0.25, -0.2) is 0 Å². The lowest BCUT2D eigenvalue weighted by Gasteiger charge is -2.64. The van der Waals surface area contributed by atoms with E-state index in [1.807, 2.05) is 0 Å². The van der Waals surface area contributed by atoms with Crippen molar-refractivity contribution >= 4 is 12.4 Å². The van der Waals surface area contributed by atoms with Gasteiger partial charge in [0.1, 0.15) is 0 Å². The standard InChI is InChI=1S/C20H41N.ClH/c1-16(2,3)15-13-14-21(19(10,11)12)20(15,17(4,5)6)18(7,8)9;/h15H,13-14H2,1-12H3;1H. The van der Waals surface area contributed by atoms with E-state index in [1.165, 1.54) is 13.0 Å². The summed E-state index contributed by atoms with van der Waals surface area (Å²) in [7, 11) is 0. The van der Waals surface area contributed by atoms with Crippen molar-refractivity contribution in [2.75, 3.05) is 6.54 Å². The van der Waals surface area contributed by atoms with E-state index in [1.54, 1.807) is 0 Å². The molecule has 1 rings (SSSR count). The molecule has 1 heterocycles. The predicted molar refractivity (Wildman–Crippen MR) is 103 cm³/mol. The minimum Gasteiger partial charge on any atom is -0.291 e. The summed E-state index contributed by atoms with van der Waals surface area (Å²) >= 11 is 0. The Kier molecular flexibility index (Phi) is 6.02. The second-order valence-corrected chi connectivity index (χ2v) is 11.3. The van der Waals surface area contributed by atoms with E-state index in [0.29, 0.717) is 11.3 Å². The Morgan fingerprint density at radius 1 is 0.727 bits per heavy atom. The summed E-state index contributed by atoms with van der Waals surface area (Å²) in [5.41, 5.74) is 1.23. The molecule has 0 spiro atoms. The molecule has 1 nitrogen and oxygen atoms in total. The van der Waals surface area contributed by atoms with Gasteiger partial charge in [0, 0.05) is 11.1 Å². The van der Waals surface area contributed by atoms with Gasteiger partial charge in [0.15, 0.2) is 0 Å². The molecule has 134 valence electrons. The van der Waals surface area contributed by atoms with Crippen molar-refractivity contribution in [1.82, 2.24) is 4.90 Å². The molecule has 1 unspecified atom stereocenters. The van der Waals surface area contributed by atoms with Gasteiger partial charge < -0.3 is 0 Å². The molecular formula is C20H42ClN. The zero-order valence-electron chi connectivity index (χ0n) is 17.3. The van der Waals surface area contributed by atoms with Crippen molar-refractivity contribution in [1.29, 1.82) is 0 Å². The van der Waals surface area contributed by atoms with E-state index in [2.05, 4.69) is 88.0 Å². The van der Waals surface area contributed by atoms with Crippen molar-refractivity contribution in [3.05, 3.63) is 0 Å². The van der Waals surface area contributed by atoms with Gasteiger partial charge in [-0.15, -0.1) is 12.4 Å². The summed E-state index contributed by atoms with van der Waals surface area (Å²) in [4.78, 5) is 2.84. The third kappa shape index (κ3) is 3.36. The second-order valence-electron chi connectivity index (χ2n) is 11.3. The zero-order valence-corrected chi connectivity index (χ0v) is 18.2. The molecule has 0 amide bonds. The summed E-state index contributed by atoms with van der Waals surface area (Å²) in [5, 5.41) is 0. The van der Waals surface area contributed by atoms with Crippen LogP contribution >= 0.6 is 12.4 Å². The summed E-state index contributed by atoms with van der Waals surface area (Å²) in [5.74, 6) is 0.712. The first-order valence-electron chi connectivity index (χ1n) is 8.75. The number of hydrogen-bond donors (Lipinski definition) is 0. The van der Waals surface area contributed by atoms with Crippen LogP contribution in [0.3, 0.4) is 0 Å². The quantitative estimate of drug-likeness (QED) is 0.496. The van der Waals surface area contributed by atoms with E-state index < -0.39 is 0 Å². The van der Waals surface area contributed by atoms with Gasteiger partial charge >= 0.3 is 0 Å². The molecule has 1 fully saturated rings. The summed E-state index contributed by atoms with van der Waals surface area (Å²) in [6.07, 6.45) is 1.31. The Hall–Kier alpha value is 0.250. The maximum absolute atomic E-state index is 2.84. The highest BCUT2D eigenvalue weighted by atomic mass is 35.5. The lowest BCUT2D eigenvalue weighted by atomic mass is 9.50. The summed E-state index contributed by atoms with van der Waals surface area (Å²) in [6, 6.07) is 0. The van der Waals surface area contributed by atoms with Gasteiger partial charge in [0.2, 0.25) is 0 Å². The normalized spacial score (nSPS) is 24.3. The van der Waals surface area contributed by atoms with Gasteiger partial charge in [-0.3, -0.25) is 4.90 Å². The molecule has 1 aliphatic rings. The molecule has 0 aliphatic carbocycles. The van der Waals surface area contributed by atoms with E-state index in [9.17, 15) is 0 Å². The lowest BCUT2D eigenvalue weighted by molar-refractivity contribution is -0.144. The largest absolute Gasteiger partial charge is 0.291 e. The van der Waals surface area contributed by atoms with Crippen molar-refractivity contribution in [3.63, 3.8) is 0 Å². The van der Waals surface area contributed by atoms with Crippen LogP contribution in [-0.4, -0.2) is 22.5 Å². The molecule has 0 radical (unpaired) electrons. The monoisotopic (exact) mass is 331 g/mol. The fraction of sp³-hybridized carbons (Fsp3) is 1.00. The van der Waals surface area contributed by atoms with Crippen LogP contribution in [0.5, 0.6) is 0 Å². The van der Waals surface area contributed by atoms with Crippen molar-refractivity contribution in [2.24, 2.45) is 22.2 Å². The predicted octanol–water partition coefficient (Wildman–Crippen LogP) is 6.41. The molecule has 0 N–H and O–H groups in total. The van der Waals surface area contributed by atoms with Gasteiger partial charge in [-0.1, -0.05) is 62.3 Å². The fourth-order valence-electron chi connectivity index (χ4n) is 5.74. The number of halogens is 1. The first-order valence-corrected chi connectivity index (χ1v) is 8.75. The first kappa shape index (κ1) is 22.2. The van der Waals surface area contributed by atoms with Crippen molar-refractivity contribution in [2.45, 2.75) is 101 Å². The van der Waals surface area contributed by atoms with Crippen LogP contribution in [0.1, 0.15) is 89.5 Å². The molecule has 1 saturated heterocycles. The van der Waals surface area contributed by atoms with Crippen molar-refractivity contribution in [3.8, 4) is 0 Å². The Bertz CT molecular complexity index is 332. The van der Waals surface area contributed by atoms with E-state index in [-0.39, 0.29) is 34.3 Å². The molecule has 1 aliphatic heterocycles. The summed E-state index contributed by atoms with van der Waals surface area (Å²) in [6.45, 7) is 30.5. The van der Waals surface area contributed by atoms with Crippen LogP contribution in [0.4, 0.5) is 0 Å². The smallest absolute Gasteiger partial charge is 0.0344 e. The highest BCUT2D eigenvalue weighted by Crippen LogP contribution is 2.62. The Morgan fingerprint density at radius 3 is 1.32 bits per heavy atom. The minimum atomic E-state index is 0. The lowest BCUT2D eigenvalue weighted by Crippen LogP contribution is -2.70. The van der Waals surface area contributed by atoms with Crippen LogP contribution in [0.2, 0.25) is 0 Å². The maximum atomic E-state index is 2.84. The average molecular weight is 332 g/mol. The molecule has 0 aromatic heterocycles. The van der Waals surface area contributed by atoms with Crippen LogP contribution < -0.4 is 0 Å². The number of rotatable bonds is 0. The summed E-state index contributed by atoms with van der Waals surface area (Å²) < 4.78 is 0. The van der Waals surface area contributed by atoms with Gasteiger partial charge in [0.05, 0.1) is 0 Å². The number of nitrogens with zero attached hydrogens (tertiary/aromatic N) is 1. The Labute approximate surface area is 147 Å². The Balaban J connectivity index is 0.00000441. The van der Waals surface area contributed by atoms with Crippen LogP contribution in [0, 0.1) is 22.2 Å². The molecule has 0 aromatic carbocycles. The van der Waals surface area contributed by atoms with E-state index in [0.717, 1.165) is 0 Å². The second kappa shape index (κ2) is 5.96. The SMILES string of the molecule is CC(C)(C)C1CCN(C(C)(C)C)C1(C(C)(C)C)C(C)(C)C.Cl.